The van der Waals surface area contributed by atoms with Gasteiger partial charge in [0.2, 0.25) is 0 Å². The van der Waals surface area contributed by atoms with Crippen molar-refractivity contribution in [2.45, 2.75) is 57.9 Å². The van der Waals surface area contributed by atoms with Gasteiger partial charge in [0.1, 0.15) is 0 Å². The van der Waals surface area contributed by atoms with Crippen LogP contribution in [0.2, 0.25) is 0 Å². The van der Waals surface area contributed by atoms with E-state index in [0.29, 0.717) is 6.04 Å². The van der Waals surface area contributed by atoms with E-state index in [1.807, 2.05) is 0 Å². The lowest BCUT2D eigenvalue weighted by Crippen LogP contribution is -2.28. The largest absolute Gasteiger partial charge is 0.328 e. The summed E-state index contributed by atoms with van der Waals surface area (Å²) in [6, 6.07) is 0.349. The Morgan fingerprint density at radius 2 is 1.87 bits per heavy atom. The number of nitrogens with two attached hydrogens (primary N) is 1. The lowest BCUT2D eigenvalue weighted by molar-refractivity contribution is 0.260. The maximum atomic E-state index is 5.75. The van der Waals surface area contributed by atoms with Crippen LogP contribution >= 0.6 is 0 Å². The Hall–Kier alpha value is -0.0800. The normalized spacial score (nSPS) is 20.8. The molecular formula is C13H28N2. The molecule has 1 aliphatic carbocycles. The molecule has 0 aliphatic heterocycles. The molecule has 0 amide bonds. The fourth-order valence-corrected chi connectivity index (χ4v) is 2.41. The van der Waals surface area contributed by atoms with Crippen molar-refractivity contribution >= 4 is 0 Å². The van der Waals surface area contributed by atoms with Crippen LogP contribution in [0.3, 0.4) is 0 Å². The summed E-state index contributed by atoms with van der Waals surface area (Å²) in [5.74, 6) is 1.01. The van der Waals surface area contributed by atoms with Gasteiger partial charge in [0, 0.05) is 6.04 Å². The zero-order chi connectivity index (χ0) is 11.1. The number of rotatable bonds is 6. The maximum absolute atomic E-state index is 5.75. The Bertz CT molecular complexity index is 151. The molecule has 1 unspecified atom stereocenters. The molecule has 2 N–H and O–H groups in total. The van der Waals surface area contributed by atoms with Crippen molar-refractivity contribution in [1.82, 2.24) is 4.90 Å². The molecule has 2 nitrogen and oxygen atoms in total. The number of hydrogen-bond donors (Lipinski definition) is 1. The highest BCUT2D eigenvalue weighted by atomic mass is 15.1. The van der Waals surface area contributed by atoms with Crippen LogP contribution in [0.15, 0.2) is 0 Å². The molecule has 2 heteroatoms. The van der Waals surface area contributed by atoms with E-state index in [1.54, 1.807) is 0 Å². The summed E-state index contributed by atoms with van der Waals surface area (Å²) < 4.78 is 0. The summed E-state index contributed by atoms with van der Waals surface area (Å²) in [6.07, 6.45) is 9.87. The standard InChI is InChI=1S/C13H28N2/c1-12(14)8-10-15(2)11-9-13-6-4-3-5-7-13/h12-13H,3-11,14H2,1-2H3. The minimum Gasteiger partial charge on any atom is -0.328 e. The molecule has 0 spiro atoms. The maximum Gasteiger partial charge on any atom is 0.00226 e. The van der Waals surface area contributed by atoms with E-state index in [2.05, 4.69) is 18.9 Å². The second-order valence-corrected chi connectivity index (χ2v) is 5.36. The quantitative estimate of drug-likeness (QED) is 0.733. The molecule has 90 valence electrons. The van der Waals surface area contributed by atoms with Gasteiger partial charge in [-0.15, -0.1) is 0 Å². The van der Waals surface area contributed by atoms with E-state index in [-0.39, 0.29) is 0 Å². The minimum atomic E-state index is 0.349. The van der Waals surface area contributed by atoms with Crippen LogP contribution in [-0.4, -0.2) is 31.1 Å². The highest BCUT2D eigenvalue weighted by Crippen LogP contribution is 2.26. The highest BCUT2D eigenvalue weighted by Gasteiger charge is 2.13. The van der Waals surface area contributed by atoms with Gasteiger partial charge >= 0.3 is 0 Å². The third-order valence-corrected chi connectivity index (χ3v) is 3.61. The van der Waals surface area contributed by atoms with Crippen LogP contribution in [-0.2, 0) is 0 Å². The van der Waals surface area contributed by atoms with Gasteiger partial charge in [-0.2, -0.15) is 0 Å². The third-order valence-electron chi connectivity index (χ3n) is 3.61. The van der Waals surface area contributed by atoms with E-state index in [0.717, 1.165) is 18.9 Å². The Morgan fingerprint density at radius 3 is 2.47 bits per heavy atom. The van der Waals surface area contributed by atoms with Gasteiger partial charge in [-0.1, -0.05) is 32.1 Å². The second kappa shape index (κ2) is 7.24. The average molecular weight is 212 g/mol. The predicted molar refractivity (Wildman–Crippen MR) is 67.0 cm³/mol. The topological polar surface area (TPSA) is 29.3 Å². The Labute approximate surface area is 95.2 Å². The lowest BCUT2D eigenvalue weighted by atomic mass is 9.87. The van der Waals surface area contributed by atoms with Crippen LogP contribution in [0.1, 0.15) is 51.9 Å². The molecule has 0 bridgehead atoms. The average Bonchev–Trinajstić information content (AvgIpc) is 2.25. The first-order valence-corrected chi connectivity index (χ1v) is 6.62. The molecule has 0 heterocycles. The van der Waals surface area contributed by atoms with Crippen molar-refractivity contribution in [3.63, 3.8) is 0 Å². The molecule has 15 heavy (non-hydrogen) atoms. The molecule has 1 saturated carbocycles. The van der Waals surface area contributed by atoms with Crippen LogP contribution in [0.25, 0.3) is 0 Å². The van der Waals surface area contributed by atoms with Gasteiger partial charge < -0.3 is 10.6 Å². The molecule has 1 fully saturated rings. The third kappa shape index (κ3) is 6.16. The Morgan fingerprint density at radius 1 is 1.20 bits per heavy atom. The molecule has 0 aromatic heterocycles. The van der Waals surface area contributed by atoms with Gasteiger partial charge in [-0.05, 0) is 45.8 Å². The number of nitrogens with zero attached hydrogens (tertiary/aromatic N) is 1. The number of hydrogen-bond acceptors (Lipinski definition) is 2. The Balaban J connectivity index is 2.02. The summed E-state index contributed by atoms with van der Waals surface area (Å²) in [6.45, 7) is 4.51. The van der Waals surface area contributed by atoms with Crippen molar-refractivity contribution in [2.24, 2.45) is 11.7 Å². The first-order valence-electron chi connectivity index (χ1n) is 6.62. The van der Waals surface area contributed by atoms with E-state index in [9.17, 15) is 0 Å². The molecule has 0 aromatic rings. The van der Waals surface area contributed by atoms with Crippen LogP contribution < -0.4 is 5.73 Å². The van der Waals surface area contributed by atoms with E-state index >= 15 is 0 Å². The summed E-state index contributed by atoms with van der Waals surface area (Å²) in [5.41, 5.74) is 5.75. The van der Waals surface area contributed by atoms with Gasteiger partial charge in [0.15, 0.2) is 0 Å². The predicted octanol–water partition coefficient (Wildman–Crippen LogP) is 2.63. The summed E-state index contributed by atoms with van der Waals surface area (Å²) >= 11 is 0. The van der Waals surface area contributed by atoms with E-state index in [4.69, 9.17) is 5.73 Å². The molecule has 0 saturated heterocycles. The van der Waals surface area contributed by atoms with Crippen molar-refractivity contribution in [1.29, 1.82) is 0 Å². The SMILES string of the molecule is CC(N)CCN(C)CCC1CCCCC1. The van der Waals surface area contributed by atoms with Gasteiger partial charge in [-0.25, -0.2) is 0 Å². The zero-order valence-corrected chi connectivity index (χ0v) is 10.5. The van der Waals surface area contributed by atoms with Gasteiger partial charge in [0.25, 0.3) is 0 Å². The Kier molecular flexibility index (Phi) is 6.26. The van der Waals surface area contributed by atoms with Crippen molar-refractivity contribution in [2.75, 3.05) is 20.1 Å². The second-order valence-electron chi connectivity index (χ2n) is 5.36. The summed E-state index contributed by atoms with van der Waals surface area (Å²) in [5, 5.41) is 0. The fourth-order valence-electron chi connectivity index (χ4n) is 2.41. The van der Waals surface area contributed by atoms with Crippen molar-refractivity contribution in [3.05, 3.63) is 0 Å². The summed E-state index contributed by atoms with van der Waals surface area (Å²) in [7, 11) is 2.23. The van der Waals surface area contributed by atoms with Crippen molar-refractivity contribution in [3.8, 4) is 0 Å². The molecule has 1 aliphatic rings. The monoisotopic (exact) mass is 212 g/mol. The van der Waals surface area contributed by atoms with Crippen LogP contribution in [0.5, 0.6) is 0 Å². The van der Waals surface area contributed by atoms with Crippen molar-refractivity contribution < 1.29 is 0 Å². The fraction of sp³-hybridized carbons (Fsp3) is 1.00. The lowest BCUT2D eigenvalue weighted by Gasteiger charge is -2.24. The molecule has 0 aromatic carbocycles. The smallest absolute Gasteiger partial charge is 0.00226 e. The molecule has 1 rings (SSSR count). The highest BCUT2D eigenvalue weighted by molar-refractivity contribution is 4.67. The molecule has 1 atom stereocenters. The first-order chi connectivity index (χ1) is 7.18. The van der Waals surface area contributed by atoms with E-state index < -0.39 is 0 Å². The van der Waals surface area contributed by atoms with Crippen LogP contribution in [0.4, 0.5) is 0 Å². The molecular weight excluding hydrogens is 184 g/mol. The van der Waals surface area contributed by atoms with Gasteiger partial charge in [0.05, 0.1) is 0 Å². The van der Waals surface area contributed by atoms with Crippen LogP contribution in [0, 0.1) is 5.92 Å². The minimum absolute atomic E-state index is 0.349. The zero-order valence-electron chi connectivity index (χ0n) is 10.5. The van der Waals surface area contributed by atoms with Gasteiger partial charge in [-0.3, -0.25) is 0 Å². The van der Waals surface area contributed by atoms with E-state index in [1.165, 1.54) is 45.1 Å². The molecule has 0 radical (unpaired) electrons. The first kappa shape index (κ1) is 13.0. The summed E-state index contributed by atoms with van der Waals surface area (Å²) in [4.78, 5) is 2.44.